The summed E-state index contributed by atoms with van der Waals surface area (Å²) < 4.78 is 0. The molecule has 0 saturated heterocycles. The lowest BCUT2D eigenvalue weighted by Gasteiger charge is -2.15. The van der Waals surface area contributed by atoms with Crippen molar-refractivity contribution in [3.63, 3.8) is 0 Å². The Balaban J connectivity index is 2.24. The molecule has 0 spiro atoms. The van der Waals surface area contributed by atoms with Crippen LogP contribution in [0.4, 0.5) is 0 Å². The monoisotopic (exact) mass is 175 g/mol. The van der Waals surface area contributed by atoms with Gasteiger partial charge in [-0.05, 0) is 30.9 Å². The van der Waals surface area contributed by atoms with Crippen LogP contribution in [-0.2, 0) is 0 Å². The number of rotatable bonds is 1. The third kappa shape index (κ3) is 1.89. The molecule has 1 aromatic rings. The minimum Gasteiger partial charge on any atom is -0.506 e. The van der Waals surface area contributed by atoms with Gasteiger partial charge in [0.1, 0.15) is 5.75 Å². The van der Waals surface area contributed by atoms with Gasteiger partial charge in [-0.2, -0.15) is 0 Å². The molecule has 0 bridgehead atoms. The van der Waals surface area contributed by atoms with Gasteiger partial charge in [0.15, 0.2) is 0 Å². The van der Waals surface area contributed by atoms with Crippen molar-refractivity contribution in [3.8, 4) is 5.75 Å². The summed E-state index contributed by atoms with van der Waals surface area (Å²) >= 11 is 0. The van der Waals surface area contributed by atoms with Crippen LogP contribution in [0.5, 0.6) is 5.75 Å². The lowest BCUT2D eigenvalue weighted by atomic mass is 9.90. The van der Waals surface area contributed by atoms with Gasteiger partial charge in [0.2, 0.25) is 0 Å². The van der Waals surface area contributed by atoms with Gasteiger partial charge in [0.05, 0.1) is 6.20 Å². The number of aromatic nitrogens is 1. The van der Waals surface area contributed by atoms with E-state index in [-0.39, 0.29) is 5.75 Å². The minimum atomic E-state index is 0.261. The Morgan fingerprint density at radius 3 is 3.00 bits per heavy atom. The molecule has 2 nitrogen and oxygen atoms in total. The minimum absolute atomic E-state index is 0.261. The number of pyridine rings is 1. The SMILES string of the molecule is Oc1cncc(C2C=CCCC2)c1. The highest BCUT2D eigenvalue weighted by molar-refractivity contribution is 5.28. The molecule has 1 aromatic heterocycles. The topological polar surface area (TPSA) is 33.1 Å². The molecule has 1 N–H and O–H groups in total. The lowest BCUT2D eigenvalue weighted by Crippen LogP contribution is -1.99. The first-order valence-corrected chi connectivity index (χ1v) is 4.67. The van der Waals surface area contributed by atoms with E-state index in [0.717, 1.165) is 5.56 Å². The first kappa shape index (κ1) is 8.30. The van der Waals surface area contributed by atoms with Crippen LogP contribution in [0.3, 0.4) is 0 Å². The third-order valence-corrected chi connectivity index (χ3v) is 2.43. The van der Waals surface area contributed by atoms with E-state index in [0.29, 0.717) is 5.92 Å². The predicted molar refractivity (Wildman–Crippen MR) is 51.6 cm³/mol. The van der Waals surface area contributed by atoms with Gasteiger partial charge in [0.25, 0.3) is 0 Å². The fraction of sp³-hybridized carbons (Fsp3) is 0.364. The molecule has 1 atom stereocenters. The van der Waals surface area contributed by atoms with Crippen LogP contribution in [0.1, 0.15) is 30.7 Å². The highest BCUT2D eigenvalue weighted by Crippen LogP contribution is 2.28. The van der Waals surface area contributed by atoms with Gasteiger partial charge in [0, 0.05) is 12.1 Å². The summed E-state index contributed by atoms with van der Waals surface area (Å²) in [6.45, 7) is 0. The number of aromatic hydroxyl groups is 1. The van der Waals surface area contributed by atoms with Gasteiger partial charge < -0.3 is 5.11 Å². The fourth-order valence-corrected chi connectivity index (χ4v) is 1.74. The van der Waals surface area contributed by atoms with E-state index in [1.165, 1.54) is 25.5 Å². The summed E-state index contributed by atoms with van der Waals surface area (Å²) in [6.07, 6.45) is 11.3. The van der Waals surface area contributed by atoms with E-state index in [4.69, 9.17) is 0 Å². The predicted octanol–water partition coefficient (Wildman–Crippen LogP) is 2.61. The average molecular weight is 175 g/mol. The maximum absolute atomic E-state index is 9.26. The van der Waals surface area contributed by atoms with Gasteiger partial charge in [-0.3, -0.25) is 4.98 Å². The number of hydrogen-bond acceptors (Lipinski definition) is 2. The van der Waals surface area contributed by atoms with E-state index in [1.807, 2.05) is 6.20 Å². The number of nitrogens with zero attached hydrogens (tertiary/aromatic N) is 1. The van der Waals surface area contributed by atoms with Crippen molar-refractivity contribution >= 4 is 0 Å². The van der Waals surface area contributed by atoms with Crippen LogP contribution < -0.4 is 0 Å². The Kier molecular flexibility index (Phi) is 2.30. The van der Waals surface area contributed by atoms with Crippen molar-refractivity contribution in [2.24, 2.45) is 0 Å². The molecule has 1 aliphatic carbocycles. The maximum Gasteiger partial charge on any atom is 0.134 e. The Morgan fingerprint density at radius 1 is 1.38 bits per heavy atom. The maximum atomic E-state index is 9.26. The van der Waals surface area contributed by atoms with Gasteiger partial charge >= 0.3 is 0 Å². The van der Waals surface area contributed by atoms with Crippen molar-refractivity contribution in [1.29, 1.82) is 0 Å². The number of allylic oxidation sites excluding steroid dienone is 2. The van der Waals surface area contributed by atoms with Crippen molar-refractivity contribution in [1.82, 2.24) is 4.98 Å². The first-order valence-electron chi connectivity index (χ1n) is 4.67. The van der Waals surface area contributed by atoms with Gasteiger partial charge in [-0.25, -0.2) is 0 Å². The largest absolute Gasteiger partial charge is 0.506 e. The zero-order valence-corrected chi connectivity index (χ0v) is 7.48. The van der Waals surface area contributed by atoms with Crippen LogP contribution in [-0.4, -0.2) is 10.1 Å². The normalized spacial score (nSPS) is 21.7. The number of hydrogen-bond donors (Lipinski definition) is 1. The van der Waals surface area contributed by atoms with E-state index >= 15 is 0 Å². The Hall–Kier alpha value is -1.31. The van der Waals surface area contributed by atoms with Gasteiger partial charge in [-0.15, -0.1) is 0 Å². The summed E-state index contributed by atoms with van der Waals surface area (Å²) in [5, 5.41) is 9.26. The second kappa shape index (κ2) is 3.60. The zero-order chi connectivity index (χ0) is 9.10. The van der Waals surface area contributed by atoms with E-state index in [9.17, 15) is 5.11 Å². The molecule has 0 radical (unpaired) electrons. The Bertz CT molecular complexity index is 320. The smallest absolute Gasteiger partial charge is 0.134 e. The van der Waals surface area contributed by atoms with Crippen molar-refractivity contribution < 1.29 is 5.11 Å². The van der Waals surface area contributed by atoms with E-state index in [1.54, 1.807) is 6.07 Å². The third-order valence-electron chi connectivity index (χ3n) is 2.43. The summed E-state index contributed by atoms with van der Waals surface area (Å²) in [4.78, 5) is 3.98. The summed E-state index contributed by atoms with van der Waals surface area (Å²) in [6, 6.07) is 1.80. The van der Waals surface area contributed by atoms with Crippen LogP contribution in [0.25, 0.3) is 0 Å². The molecule has 2 heteroatoms. The first-order chi connectivity index (χ1) is 6.36. The Labute approximate surface area is 77.9 Å². The molecule has 1 heterocycles. The summed E-state index contributed by atoms with van der Waals surface area (Å²) in [5.74, 6) is 0.713. The highest BCUT2D eigenvalue weighted by Gasteiger charge is 2.11. The molecule has 0 saturated carbocycles. The molecule has 0 fully saturated rings. The summed E-state index contributed by atoms with van der Waals surface area (Å²) in [5.41, 5.74) is 1.12. The second-order valence-electron chi connectivity index (χ2n) is 3.44. The van der Waals surface area contributed by atoms with Crippen LogP contribution >= 0.6 is 0 Å². The lowest BCUT2D eigenvalue weighted by molar-refractivity contribution is 0.470. The standard InChI is InChI=1S/C11H13NO/c13-11-6-10(7-12-8-11)9-4-2-1-3-5-9/h2,4,6-9,13H,1,3,5H2. The van der Waals surface area contributed by atoms with Crippen LogP contribution in [0, 0.1) is 0 Å². The van der Waals surface area contributed by atoms with Gasteiger partial charge in [-0.1, -0.05) is 12.2 Å². The molecule has 0 aromatic carbocycles. The quantitative estimate of drug-likeness (QED) is 0.665. The zero-order valence-electron chi connectivity index (χ0n) is 7.48. The Morgan fingerprint density at radius 2 is 2.31 bits per heavy atom. The van der Waals surface area contributed by atoms with E-state index in [2.05, 4.69) is 17.1 Å². The highest BCUT2D eigenvalue weighted by atomic mass is 16.3. The van der Waals surface area contributed by atoms with Crippen LogP contribution in [0.2, 0.25) is 0 Å². The molecular formula is C11H13NO. The van der Waals surface area contributed by atoms with Crippen LogP contribution in [0.15, 0.2) is 30.6 Å². The molecular weight excluding hydrogens is 162 g/mol. The second-order valence-corrected chi connectivity index (χ2v) is 3.44. The summed E-state index contributed by atoms with van der Waals surface area (Å²) in [7, 11) is 0. The molecule has 68 valence electrons. The average Bonchev–Trinajstić information content (AvgIpc) is 2.19. The molecule has 0 aliphatic heterocycles. The molecule has 1 unspecified atom stereocenters. The van der Waals surface area contributed by atoms with E-state index < -0.39 is 0 Å². The van der Waals surface area contributed by atoms with Crippen molar-refractivity contribution in [3.05, 3.63) is 36.2 Å². The molecule has 2 rings (SSSR count). The molecule has 13 heavy (non-hydrogen) atoms. The molecule has 1 aliphatic rings. The van der Waals surface area contributed by atoms with Crippen molar-refractivity contribution in [2.75, 3.05) is 0 Å². The fourth-order valence-electron chi connectivity index (χ4n) is 1.74. The van der Waals surface area contributed by atoms with Crippen molar-refractivity contribution in [2.45, 2.75) is 25.2 Å². The molecule has 0 amide bonds.